The van der Waals surface area contributed by atoms with Gasteiger partial charge in [0.1, 0.15) is 0 Å². The second kappa shape index (κ2) is 18.5. The molecule has 0 aliphatic rings. The van der Waals surface area contributed by atoms with Gasteiger partial charge in [-0.15, -0.1) is 0 Å². The van der Waals surface area contributed by atoms with Crippen molar-refractivity contribution in [2.75, 3.05) is 0 Å². The van der Waals surface area contributed by atoms with Crippen molar-refractivity contribution in [3.05, 3.63) is 255 Å². The Morgan fingerprint density at radius 2 is 0.919 bits per heavy atom. The van der Waals surface area contributed by atoms with Gasteiger partial charge in [-0.1, -0.05) is 177 Å². The first-order valence-electron chi connectivity index (χ1n) is 21.0. The number of nitrogens with zero attached hydrogens (tertiary/aromatic N) is 3. The summed E-state index contributed by atoms with van der Waals surface area (Å²) in [6.45, 7) is 6.25. The molecule has 3 nitrogen and oxygen atoms in total. The van der Waals surface area contributed by atoms with Crippen molar-refractivity contribution in [2.24, 2.45) is 0 Å². The van der Waals surface area contributed by atoms with Crippen molar-refractivity contribution in [3.8, 4) is 78.4 Å². The molecule has 0 radical (unpaired) electrons. The summed E-state index contributed by atoms with van der Waals surface area (Å²) in [7, 11) is 0. The van der Waals surface area contributed by atoms with Gasteiger partial charge in [0.2, 0.25) is 0 Å². The van der Waals surface area contributed by atoms with Crippen LogP contribution in [0.5, 0.6) is 0 Å². The van der Waals surface area contributed by atoms with Gasteiger partial charge in [0.25, 0.3) is 0 Å². The third-order valence-corrected chi connectivity index (χ3v) is 11.3. The molecule has 1 atom stereocenters. The number of hydrogen-bond acceptors (Lipinski definition) is 3. The molecule has 0 amide bonds. The minimum atomic E-state index is 0.00523. The quantitative estimate of drug-likeness (QED) is 0.116. The van der Waals surface area contributed by atoms with E-state index in [0.29, 0.717) is 0 Å². The fraction of sp³-hybridized carbons (Fsp3) is 0.0339. The smallest absolute Gasteiger partial charge is 0.0718 e. The highest BCUT2D eigenvalue weighted by Gasteiger charge is 2.19. The molecule has 0 fully saturated rings. The molecule has 9 aromatic rings. The lowest BCUT2D eigenvalue weighted by atomic mass is 9.85. The molecule has 62 heavy (non-hydrogen) atoms. The summed E-state index contributed by atoms with van der Waals surface area (Å²) >= 11 is 0. The fourth-order valence-corrected chi connectivity index (χ4v) is 8.09. The first-order chi connectivity index (χ1) is 30.6. The van der Waals surface area contributed by atoms with Gasteiger partial charge in [0.15, 0.2) is 0 Å². The maximum absolute atomic E-state index is 5.40. The van der Waals surface area contributed by atoms with Crippen LogP contribution in [0.2, 0.25) is 0 Å². The molecule has 0 spiro atoms. The van der Waals surface area contributed by atoms with Gasteiger partial charge >= 0.3 is 0 Å². The molecule has 3 heterocycles. The van der Waals surface area contributed by atoms with Crippen LogP contribution in [0.3, 0.4) is 0 Å². The van der Waals surface area contributed by atoms with Crippen LogP contribution < -0.4 is 0 Å². The van der Waals surface area contributed by atoms with Gasteiger partial charge < -0.3 is 0 Å². The predicted octanol–water partition coefficient (Wildman–Crippen LogP) is 15.5. The number of hydrogen-bond donors (Lipinski definition) is 0. The molecular weight excluding hydrogens is 751 g/mol. The Hall–Kier alpha value is -8.01. The Morgan fingerprint density at radius 1 is 0.419 bits per heavy atom. The number of aromatic nitrogens is 3. The molecule has 0 saturated heterocycles. The highest BCUT2D eigenvalue weighted by atomic mass is 14.7. The Kier molecular flexibility index (Phi) is 11.8. The van der Waals surface area contributed by atoms with Gasteiger partial charge in [0, 0.05) is 40.6 Å². The van der Waals surface area contributed by atoms with Crippen LogP contribution >= 0.6 is 0 Å². The van der Waals surface area contributed by atoms with Crippen molar-refractivity contribution in [1.82, 2.24) is 15.0 Å². The Bertz CT molecular complexity index is 3040. The van der Waals surface area contributed by atoms with Gasteiger partial charge in [-0.25, -0.2) is 4.98 Å². The van der Waals surface area contributed by atoms with Crippen LogP contribution in [0.4, 0.5) is 0 Å². The van der Waals surface area contributed by atoms with E-state index >= 15 is 0 Å². The molecule has 0 bridgehead atoms. The Morgan fingerprint density at radius 3 is 1.53 bits per heavy atom. The monoisotopic (exact) mass is 795 g/mol. The molecule has 0 saturated carbocycles. The number of allylic oxidation sites excluding steroid dienone is 5. The van der Waals surface area contributed by atoms with E-state index in [4.69, 9.17) is 4.98 Å². The van der Waals surface area contributed by atoms with E-state index in [1.54, 1.807) is 0 Å². The summed E-state index contributed by atoms with van der Waals surface area (Å²) in [5.41, 5.74) is 18.4. The number of rotatable bonds is 12. The number of benzene rings is 6. The van der Waals surface area contributed by atoms with Crippen LogP contribution in [0.1, 0.15) is 24.0 Å². The van der Waals surface area contributed by atoms with Crippen molar-refractivity contribution in [3.63, 3.8) is 0 Å². The number of pyridine rings is 3. The minimum Gasteiger partial charge on any atom is -0.256 e. The van der Waals surface area contributed by atoms with E-state index < -0.39 is 0 Å². The normalized spacial score (nSPS) is 12.0. The second-order valence-electron chi connectivity index (χ2n) is 15.3. The Balaban J connectivity index is 1.12. The van der Waals surface area contributed by atoms with Gasteiger partial charge in [-0.2, -0.15) is 0 Å². The summed E-state index contributed by atoms with van der Waals surface area (Å²) in [5.74, 6) is 0.00523. The van der Waals surface area contributed by atoms with E-state index in [2.05, 4.69) is 212 Å². The van der Waals surface area contributed by atoms with Gasteiger partial charge in [0.05, 0.1) is 22.8 Å². The average Bonchev–Trinajstić information content (AvgIpc) is 3.36. The molecule has 0 aliphatic heterocycles. The lowest BCUT2D eigenvalue weighted by Gasteiger charge is -2.20. The molecule has 296 valence electrons. The summed E-state index contributed by atoms with van der Waals surface area (Å²) in [4.78, 5) is 14.6. The molecule has 3 heteroatoms. The second-order valence-corrected chi connectivity index (χ2v) is 15.3. The maximum atomic E-state index is 5.40. The van der Waals surface area contributed by atoms with Crippen LogP contribution in [0, 0.1) is 0 Å². The van der Waals surface area contributed by atoms with Crippen LogP contribution in [-0.4, -0.2) is 15.0 Å². The molecule has 9 rings (SSSR count). The first-order valence-corrected chi connectivity index (χ1v) is 21.0. The fourth-order valence-electron chi connectivity index (χ4n) is 8.09. The largest absolute Gasteiger partial charge is 0.256 e. The highest BCUT2D eigenvalue weighted by molar-refractivity contribution is 5.86. The molecule has 3 aromatic heterocycles. The van der Waals surface area contributed by atoms with Crippen molar-refractivity contribution in [1.29, 1.82) is 0 Å². The average molecular weight is 796 g/mol. The molecular formula is C59H45N3. The topological polar surface area (TPSA) is 38.7 Å². The zero-order valence-corrected chi connectivity index (χ0v) is 34.6. The highest BCUT2D eigenvalue weighted by Crippen LogP contribution is 2.40. The van der Waals surface area contributed by atoms with Crippen LogP contribution in [-0.2, 0) is 0 Å². The standard InChI is InChI=1S/C59H45N3/c1-3-4-6-29-53(48-25-15-21-44(36-48)46-23-17-27-50(38-46)56-32-11-13-34-60-56)42(2)52-40-58(43-19-7-5-8-20-43)62-59(41-52)55-31-10-9-30-54(55)49-26-16-22-45(37-49)47-24-18-28-51(39-47)57-33-12-14-35-61-57/h3-42H,1H2,2H3/b6-4-,53-29+. The van der Waals surface area contributed by atoms with Crippen molar-refractivity contribution >= 4 is 5.57 Å². The predicted molar refractivity (Wildman–Crippen MR) is 260 cm³/mol. The van der Waals surface area contributed by atoms with Crippen LogP contribution in [0.15, 0.2) is 243 Å². The summed E-state index contributed by atoms with van der Waals surface area (Å²) in [6, 6.07) is 70.6. The van der Waals surface area contributed by atoms with E-state index in [-0.39, 0.29) is 5.92 Å². The Labute approximate surface area is 364 Å². The summed E-state index contributed by atoms with van der Waals surface area (Å²) in [6.07, 6.45) is 11.8. The third-order valence-electron chi connectivity index (χ3n) is 11.3. The van der Waals surface area contributed by atoms with Gasteiger partial charge in [-0.3, -0.25) is 9.97 Å². The minimum absolute atomic E-state index is 0.00523. The maximum Gasteiger partial charge on any atom is 0.0718 e. The molecule has 0 aliphatic carbocycles. The van der Waals surface area contributed by atoms with Crippen LogP contribution in [0.25, 0.3) is 84.0 Å². The summed E-state index contributed by atoms with van der Waals surface area (Å²) < 4.78 is 0. The van der Waals surface area contributed by atoms with Crippen molar-refractivity contribution in [2.45, 2.75) is 12.8 Å². The zero-order chi connectivity index (χ0) is 42.1. The first kappa shape index (κ1) is 39.5. The van der Waals surface area contributed by atoms with E-state index in [1.165, 1.54) is 11.1 Å². The lowest BCUT2D eigenvalue weighted by Crippen LogP contribution is -2.02. The van der Waals surface area contributed by atoms with E-state index in [0.717, 1.165) is 84.0 Å². The van der Waals surface area contributed by atoms with E-state index in [1.807, 2.05) is 48.8 Å². The zero-order valence-electron chi connectivity index (χ0n) is 34.6. The van der Waals surface area contributed by atoms with Crippen molar-refractivity contribution < 1.29 is 0 Å². The molecule has 1 unspecified atom stereocenters. The lowest BCUT2D eigenvalue weighted by molar-refractivity contribution is 0.983. The molecule has 0 N–H and O–H groups in total. The molecule has 6 aromatic carbocycles. The summed E-state index contributed by atoms with van der Waals surface area (Å²) in [5, 5.41) is 0. The third kappa shape index (κ3) is 8.79. The SMILES string of the molecule is C=C/C=C\C=C(\c1cccc(-c2cccc(-c3ccccn3)c2)c1)C(C)c1cc(-c2ccccc2)nc(-c2ccccc2-c2cccc(-c3cccc(-c4ccccn4)c3)c2)c1. The van der Waals surface area contributed by atoms with E-state index in [9.17, 15) is 0 Å². The van der Waals surface area contributed by atoms with Gasteiger partial charge in [-0.05, 0) is 111 Å².